The smallest absolute Gasteiger partial charge is 0.237 e. The van der Waals surface area contributed by atoms with E-state index < -0.39 is 0 Å². The lowest BCUT2D eigenvalue weighted by Crippen LogP contribution is -2.44. The highest BCUT2D eigenvalue weighted by Gasteiger charge is 2.34. The molecule has 2 unspecified atom stereocenters. The Bertz CT molecular complexity index is 962. The maximum Gasteiger partial charge on any atom is 0.237 e. The molecule has 28 heavy (non-hydrogen) atoms. The van der Waals surface area contributed by atoms with Crippen molar-refractivity contribution in [1.82, 2.24) is 14.8 Å². The molecule has 0 aliphatic carbocycles. The first-order valence-corrected chi connectivity index (χ1v) is 11.9. The van der Waals surface area contributed by atoms with Crippen LogP contribution in [-0.2, 0) is 11.2 Å². The summed E-state index contributed by atoms with van der Waals surface area (Å²) in [6, 6.07) is 11.1. The number of benzene rings is 1. The van der Waals surface area contributed by atoms with E-state index in [1.807, 2.05) is 17.4 Å². The number of amides is 1. The Morgan fingerprint density at radius 1 is 1.25 bits per heavy atom. The Labute approximate surface area is 173 Å². The summed E-state index contributed by atoms with van der Waals surface area (Å²) in [5.74, 6) is 0.275. The molecular formula is C22H25N3OS2. The maximum atomic E-state index is 13.3. The third-order valence-electron chi connectivity index (χ3n) is 6.10. The zero-order chi connectivity index (χ0) is 19.1. The largest absolute Gasteiger partial charge is 0.334 e. The summed E-state index contributed by atoms with van der Waals surface area (Å²) in [6.07, 6.45) is 4.21. The van der Waals surface area contributed by atoms with Crippen LogP contribution in [0.2, 0.25) is 0 Å². The molecule has 4 nitrogen and oxygen atoms in total. The van der Waals surface area contributed by atoms with Gasteiger partial charge in [0.2, 0.25) is 5.91 Å². The molecule has 2 aromatic heterocycles. The van der Waals surface area contributed by atoms with Gasteiger partial charge in [-0.2, -0.15) is 0 Å². The molecule has 6 heteroatoms. The molecule has 2 atom stereocenters. The Morgan fingerprint density at radius 2 is 2.14 bits per heavy atom. The zero-order valence-electron chi connectivity index (χ0n) is 16.1. The number of rotatable bonds is 4. The Balaban J connectivity index is 1.34. The van der Waals surface area contributed by atoms with Crippen LogP contribution in [0.25, 0.3) is 10.2 Å². The van der Waals surface area contributed by atoms with E-state index in [0.29, 0.717) is 6.54 Å². The van der Waals surface area contributed by atoms with Gasteiger partial charge in [0.05, 0.1) is 28.8 Å². The van der Waals surface area contributed by atoms with E-state index in [1.165, 1.54) is 15.1 Å². The molecule has 5 rings (SSSR count). The second-order valence-electron chi connectivity index (χ2n) is 7.71. The minimum absolute atomic E-state index is 0.242. The fourth-order valence-corrected chi connectivity index (χ4v) is 6.79. The molecule has 0 spiro atoms. The minimum atomic E-state index is 0.242. The van der Waals surface area contributed by atoms with Gasteiger partial charge in [-0.25, -0.2) is 4.98 Å². The van der Waals surface area contributed by atoms with Gasteiger partial charge < -0.3 is 4.90 Å². The summed E-state index contributed by atoms with van der Waals surface area (Å²) >= 11 is 3.62. The fraction of sp³-hybridized carbons (Fsp3) is 0.455. The van der Waals surface area contributed by atoms with Crippen molar-refractivity contribution < 1.29 is 4.79 Å². The molecule has 1 saturated heterocycles. The average molecular weight is 412 g/mol. The number of aromatic nitrogens is 1. The van der Waals surface area contributed by atoms with Crippen LogP contribution in [0, 0.1) is 0 Å². The van der Waals surface area contributed by atoms with Gasteiger partial charge in [0.25, 0.3) is 0 Å². The second-order valence-corrected chi connectivity index (χ2v) is 9.77. The predicted molar refractivity (Wildman–Crippen MR) is 116 cm³/mol. The van der Waals surface area contributed by atoms with Gasteiger partial charge in [-0.3, -0.25) is 9.69 Å². The first kappa shape index (κ1) is 18.3. The first-order chi connectivity index (χ1) is 13.7. The summed E-state index contributed by atoms with van der Waals surface area (Å²) in [7, 11) is 0. The number of nitrogens with zero attached hydrogens (tertiary/aromatic N) is 3. The van der Waals surface area contributed by atoms with Crippen molar-refractivity contribution in [2.45, 2.75) is 44.7 Å². The van der Waals surface area contributed by atoms with Crippen LogP contribution in [0.3, 0.4) is 0 Å². The van der Waals surface area contributed by atoms with Crippen molar-refractivity contribution in [3.8, 4) is 0 Å². The molecule has 0 radical (unpaired) electrons. The molecule has 146 valence electrons. The maximum absolute atomic E-state index is 13.3. The van der Waals surface area contributed by atoms with Crippen molar-refractivity contribution in [3.05, 3.63) is 51.2 Å². The second kappa shape index (κ2) is 7.58. The van der Waals surface area contributed by atoms with Crippen LogP contribution >= 0.6 is 22.7 Å². The zero-order valence-corrected chi connectivity index (χ0v) is 17.8. The van der Waals surface area contributed by atoms with E-state index in [9.17, 15) is 4.79 Å². The van der Waals surface area contributed by atoms with Gasteiger partial charge >= 0.3 is 0 Å². The van der Waals surface area contributed by atoms with Crippen molar-refractivity contribution >= 4 is 38.8 Å². The SMILES string of the molecule is CCC1c2ccsc2CCN1C(=O)CN1CCCC1c1nc2ccccc2s1. The number of likely N-dealkylation sites (tertiary alicyclic amines) is 1. The number of hydrogen-bond acceptors (Lipinski definition) is 5. The van der Waals surface area contributed by atoms with E-state index in [-0.39, 0.29) is 18.0 Å². The summed E-state index contributed by atoms with van der Waals surface area (Å²) in [5, 5.41) is 3.34. The monoisotopic (exact) mass is 411 g/mol. The number of hydrogen-bond donors (Lipinski definition) is 0. The van der Waals surface area contributed by atoms with Gasteiger partial charge in [-0.05, 0) is 61.4 Å². The third-order valence-corrected chi connectivity index (χ3v) is 8.23. The van der Waals surface area contributed by atoms with Crippen LogP contribution in [0.15, 0.2) is 35.7 Å². The lowest BCUT2D eigenvalue weighted by molar-refractivity contribution is -0.135. The highest BCUT2D eigenvalue weighted by atomic mass is 32.1. The Hall–Kier alpha value is -1.76. The van der Waals surface area contributed by atoms with Crippen LogP contribution in [0.1, 0.15) is 53.7 Å². The molecule has 4 heterocycles. The number of para-hydroxylation sites is 1. The van der Waals surface area contributed by atoms with Gasteiger partial charge in [0.1, 0.15) is 5.01 Å². The van der Waals surface area contributed by atoms with Crippen LogP contribution < -0.4 is 0 Å². The molecule has 0 N–H and O–H groups in total. The molecule has 0 saturated carbocycles. The van der Waals surface area contributed by atoms with Crippen molar-refractivity contribution in [2.24, 2.45) is 0 Å². The quantitative estimate of drug-likeness (QED) is 0.604. The standard InChI is InChI=1S/C22H25N3OS2/c1-2-17-15-10-13-27-19(15)9-12-25(17)21(26)14-24-11-5-7-18(24)22-23-16-6-3-4-8-20(16)28-22/h3-4,6,8,10,13,17-18H,2,5,7,9,11-12,14H2,1H3. The molecule has 3 aromatic rings. The van der Waals surface area contributed by atoms with Gasteiger partial charge in [-0.1, -0.05) is 19.1 Å². The number of carbonyl (C=O) groups excluding carboxylic acids is 1. The molecule has 1 aromatic carbocycles. The van der Waals surface area contributed by atoms with E-state index in [4.69, 9.17) is 4.98 Å². The van der Waals surface area contributed by atoms with Gasteiger partial charge in [0, 0.05) is 11.4 Å². The van der Waals surface area contributed by atoms with Gasteiger partial charge in [0.15, 0.2) is 0 Å². The van der Waals surface area contributed by atoms with E-state index in [1.54, 1.807) is 11.3 Å². The molecular weight excluding hydrogens is 386 g/mol. The topological polar surface area (TPSA) is 36.4 Å². The molecule has 1 fully saturated rings. The van der Waals surface area contributed by atoms with Crippen LogP contribution in [0.4, 0.5) is 0 Å². The predicted octanol–water partition coefficient (Wildman–Crippen LogP) is 5.03. The summed E-state index contributed by atoms with van der Waals surface area (Å²) in [4.78, 5) is 24.1. The van der Waals surface area contributed by atoms with Crippen molar-refractivity contribution in [2.75, 3.05) is 19.6 Å². The highest BCUT2D eigenvalue weighted by molar-refractivity contribution is 7.18. The summed E-state index contributed by atoms with van der Waals surface area (Å²) in [6.45, 7) is 4.54. The van der Waals surface area contributed by atoms with E-state index in [0.717, 1.165) is 49.3 Å². The lowest BCUT2D eigenvalue weighted by atomic mass is 9.97. The molecule has 0 bridgehead atoms. The Morgan fingerprint density at radius 3 is 3.00 bits per heavy atom. The number of fused-ring (bicyclic) bond motifs is 2. The first-order valence-electron chi connectivity index (χ1n) is 10.2. The number of thiazole rings is 1. The third kappa shape index (κ3) is 3.17. The minimum Gasteiger partial charge on any atom is -0.334 e. The number of thiophene rings is 1. The molecule has 2 aliphatic rings. The van der Waals surface area contributed by atoms with Crippen molar-refractivity contribution in [1.29, 1.82) is 0 Å². The molecule has 1 amide bonds. The summed E-state index contributed by atoms with van der Waals surface area (Å²) < 4.78 is 1.24. The Kier molecular flexibility index (Phi) is 4.95. The highest BCUT2D eigenvalue weighted by Crippen LogP contribution is 2.38. The van der Waals surface area contributed by atoms with Crippen LogP contribution in [0.5, 0.6) is 0 Å². The summed E-state index contributed by atoms with van der Waals surface area (Å²) in [5.41, 5.74) is 2.45. The van der Waals surface area contributed by atoms with Crippen molar-refractivity contribution in [3.63, 3.8) is 0 Å². The molecule has 2 aliphatic heterocycles. The van der Waals surface area contributed by atoms with Gasteiger partial charge in [-0.15, -0.1) is 22.7 Å². The number of carbonyl (C=O) groups is 1. The normalized spacial score (nSPS) is 22.7. The average Bonchev–Trinajstić information content (AvgIpc) is 3.44. The van der Waals surface area contributed by atoms with E-state index >= 15 is 0 Å². The lowest BCUT2D eigenvalue weighted by Gasteiger charge is -2.37. The van der Waals surface area contributed by atoms with Crippen LogP contribution in [-0.4, -0.2) is 40.3 Å². The fourth-order valence-electron chi connectivity index (χ4n) is 4.73. The van der Waals surface area contributed by atoms with E-state index in [2.05, 4.69) is 46.4 Å².